The first-order valence-corrected chi connectivity index (χ1v) is 8.89. The lowest BCUT2D eigenvalue weighted by Gasteiger charge is -2.19. The van der Waals surface area contributed by atoms with Crippen LogP contribution in [-0.4, -0.2) is 35.0 Å². The number of anilines is 2. The molecule has 1 fully saturated rings. The van der Waals surface area contributed by atoms with E-state index < -0.39 is 0 Å². The average Bonchev–Trinajstić information content (AvgIpc) is 3.14. The standard InChI is InChI=1S/C17H22N4O2S/c1-11(2)10-15-19-17(24-20-15)18-12-8-9-21(16(12)22)13-6-4-5-7-14(13)23-3/h4-7,11-12H,8-10H2,1-3H3,(H,18,19,20). The van der Waals surface area contributed by atoms with Crippen LogP contribution in [-0.2, 0) is 11.2 Å². The minimum atomic E-state index is -0.269. The molecule has 1 N–H and O–H groups in total. The molecule has 0 bridgehead atoms. The van der Waals surface area contributed by atoms with E-state index in [-0.39, 0.29) is 11.9 Å². The smallest absolute Gasteiger partial charge is 0.249 e. The molecular weight excluding hydrogens is 324 g/mol. The first kappa shape index (κ1) is 16.7. The number of nitrogens with zero attached hydrogens (tertiary/aromatic N) is 3. The molecule has 1 aliphatic heterocycles. The number of amides is 1. The Morgan fingerprint density at radius 3 is 2.96 bits per heavy atom. The SMILES string of the molecule is COc1ccccc1N1CCC(Nc2nc(CC(C)C)ns2)C1=O. The quantitative estimate of drug-likeness (QED) is 0.871. The summed E-state index contributed by atoms with van der Waals surface area (Å²) in [4.78, 5) is 19.0. The number of hydrogen-bond acceptors (Lipinski definition) is 6. The van der Waals surface area contributed by atoms with Crippen LogP contribution in [0.1, 0.15) is 26.1 Å². The Morgan fingerprint density at radius 1 is 1.42 bits per heavy atom. The topological polar surface area (TPSA) is 67.3 Å². The van der Waals surface area contributed by atoms with Crippen LogP contribution < -0.4 is 15.0 Å². The Labute approximate surface area is 146 Å². The monoisotopic (exact) mass is 346 g/mol. The number of aromatic nitrogens is 2. The van der Waals surface area contributed by atoms with Crippen LogP contribution in [0.4, 0.5) is 10.8 Å². The molecule has 2 aromatic rings. The van der Waals surface area contributed by atoms with E-state index in [2.05, 4.69) is 28.5 Å². The fourth-order valence-electron chi connectivity index (χ4n) is 2.82. The van der Waals surface area contributed by atoms with Gasteiger partial charge in [-0.05, 0) is 24.5 Å². The minimum absolute atomic E-state index is 0.0418. The number of hydrogen-bond donors (Lipinski definition) is 1. The number of methoxy groups -OCH3 is 1. The Hall–Kier alpha value is -2.15. The second-order valence-electron chi connectivity index (χ2n) is 6.26. The van der Waals surface area contributed by atoms with Crippen LogP contribution in [0.15, 0.2) is 24.3 Å². The van der Waals surface area contributed by atoms with Crippen molar-refractivity contribution in [3.05, 3.63) is 30.1 Å². The first-order valence-electron chi connectivity index (χ1n) is 8.12. The molecule has 7 heteroatoms. The van der Waals surface area contributed by atoms with Crippen molar-refractivity contribution < 1.29 is 9.53 Å². The summed E-state index contributed by atoms with van der Waals surface area (Å²) in [7, 11) is 1.62. The first-order chi connectivity index (χ1) is 11.6. The van der Waals surface area contributed by atoms with Gasteiger partial charge >= 0.3 is 0 Å². The summed E-state index contributed by atoms with van der Waals surface area (Å²) in [5, 5.41) is 3.95. The largest absolute Gasteiger partial charge is 0.495 e. The zero-order valence-corrected chi connectivity index (χ0v) is 15.0. The van der Waals surface area contributed by atoms with Crippen molar-refractivity contribution >= 4 is 28.3 Å². The van der Waals surface area contributed by atoms with E-state index in [1.165, 1.54) is 11.5 Å². The van der Waals surface area contributed by atoms with Gasteiger partial charge in [0, 0.05) is 24.5 Å². The van der Waals surface area contributed by atoms with Crippen molar-refractivity contribution in [2.45, 2.75) is 32.7 Å². The van der Waals surface area contributed by atoms with E-state index in [9.17, 15) is 4.79 Å². The molecule has 1 aromatic carbocycles. The molecule has 1 saturated heterocycles. The molecule has 2 heterocycles. The molecule has 1 amide bonds. The molecule has 1 aliphatic rings. The highest BCUT2D eigenvalue weighted by Gasteiger charge is 2.34. The van der Waals surface area contributed by atoms with E-state index in [1.54, 1.807) is 12.0 Å². The zero-order valence-electron chi connectivity index (χ0n) is 14.2. The second-order valence-corrected chi connectivity index (χ2v) is 7.01. The zero-order chi connectivity index (χ0) is 17.1. The number of para-hydroxylation sites is 2. The highest BCUT2D eigenvalue weighted by Crippen LogP contribution is 2.31. The average molecular weight is 346 g/mol. The van der Waals surface area contributed by atoms with Crippen LogP contribution >= 0.6 is 11.5 Å². The number of ether oxygens (including phenoxy) is 1. The minimum Gasteiger partial charge on any atom is -0.495 e. The summed E-state index contributed by atoms with van der Waals surface area (Å²) >= 11 is 1.32. The Balaban J connectivity index is 1.69. The van der Waals surface area contributed by atoms with Crippen molar-refractivity contribution in [1.29, 1.82) is 0 Å². The van der Waals surface area contributed by atoms with Gasteiger partial charge in [0.25, 0.3) is 0 Å². The van der Waals surface area contributed by atoms with Crippen LogP contribution in [0.5, 0.6) is 5.75 Å². The van der Waals surface area contributed by atoms with Crippen LogP contribution in [0.25, 0.3) is 0 Å². The lowest BCUT2D eigenvalue weighted by molar-refractivity contribution is -0.117. The molecule has 1 unspecified atom stereocenters. The number of benzene rings is 1. The molecule has 24 heavy (non-hydrogen) atoms. The van der Waals surface area contributed by atoms with Gasteiger partial charge in [0.15, 0.2) is 0 Å². The van der Waals surface area contributed by atoms with Gasteiger partial charge in [-0.3, -0.25) is 4.79 Å². The Bertz CT molecular complexity index is 716. The van der Waals surface area contributed by atoms with E-state index in [1.807, 2.05) is 24.3 Å². The maximum absolute atomic E-state index is 12.7. The maximum atomic E-state index is 12.7. The summed E-state index contributed by atoms with van der Waals surface area (Å²) in [6.45, 7) is 4.94. The number of nitrogens with one attached hydrogen (secondary N) is 1. The summed E-state index contributed by atoms with van der Waals surface area (Å²) in [5.74, 6) is 2.10. The molecule has 1 aromatic heterocycles. The van der Waals surface area contributed by atoms with Crippen molar-refractivity contribution in [3.8, 4) is 5.75 Å². The summed E-state index contributed by atoms with van der Waals surface area (Å²) in [6.07, 6.45) is 1.58. The number of carbonyl (C=O) groups excluding carboxylic acids is 1. The highest BCUT2D eigenvalue weighted by atomic mass is 32.1. The van der Waals surface area contributed by atoms with Gasteiger partial charge < -0.3 is 15.0 Å². The van der Waals surface area contributed by atoms with Gasteiger partial charge in [-0.15, -0.1) is 0 Å². The van der Waals surface area contributed by atoms with Crippen molar-refractivity contribution in [1.82, 2.24) is 9.36 Å². The second kappa shape index (κ2) is 7.17. The molecule has 0 aliphatic carbocycles. The Morgan fingerprint density at radius 2 is 2.21 bits per heavy atom. The third kappa shape index (κ3) is 3.51. The van der Waals surface area contributed by atoms with Crippen molar-refractivity contribution in [2.75, 3.05) is 23.9 Å². The van der Waals surface area contributed by atoms with E-state index in [0.29, 0.717) is 23.3 Å². The Kier molecular flexibility index (Phi) is 4.99. The maximum Gasteiger partial charge on any atom is 0.249 e. The highest BCUT2D eigenvalue weighted by molar-refractivity contribution is 7.09. The number of carbonyl (C=O) groups is 1. The molecular formula is C17H22N4O2S. The third-order valence-corrected chi connectivity index (χ3v) is 4.62. The molecule has 1 atom stereocenters. The predicted molar refractivity (Wildman–Crippen MR) is 95.8 cm³/mol. The van der Waals surface area contributed by atoms with Gasteiger partial charge in [-0.25, -0.2) is 4.98 Å². The molecule has 0 saturated carbocycles. The molecule has 6 nitrogen and oxygen atoms in total. The van der Waals surface area contributed by atoms with Gasteiger partial charge in [0.1, 0.15) is 17.6 Å². The summed E-state index contributed by atoms with van der Waals surface area (Å²) in [6, 6.07) is 7.32. The molecule has 128 valence electrons. The lowest BCUT2D eigenvalue weighted by Crippen LogP contribution is -2.33. The lowest BCUT2D eigenvalue weighted by atomic mass is 10.1. The van der Waals surface area contributed by atoms with Gasteiger partial charge in [-0.2, -0.15) is 4.37 Å². The molecule has 0 spiro atoms. The van der Waals surface area contributed by atoms with E-state index >= 15 is 0 Å². The summed E-state index contributed by atoms with van der Waals surface area (Å²) in [5.41, 5.74) is 0.812. The van der Waals surface area contributed by atoms with Crippen LogP contribution in [0.3, 0.4) is 0 Å². The fourth-order valence-corrected chi connectivity index (χ4v) is 3.46. The normalized spacial score (nSPS) is 17.6. The molecule has 3 rings (SSSR count). The van der Waals surface area contributed by atoms with E-state index in [0.717, 1.165) is 24.4 Å². The van der Waals surface area contributed by atoms with Gasteiger partial charge in [0.2, 0.25) is 11.0 Å². The third-order valence-electron chi connectivity index (χ3n) is 3.94. The van der Waals surface area contributed by atoms with E-state index in [4.69, 9.17) is 4.74 Å². The van der Waals surface area contributed by atoms with Crippen molar-refractivity contribution in [3.63, 3.8) is 0 Å². The van der Waals surface area contributed by atoms with Gasteiger partial charge in [-0.1, -0.05) is 26.0 Å². The van der Waals surface area contributed by atoms with Gasteiger partial charge in [0.05, 0.1) is 12.8 Å². The predicted octanol–water partition coefficient (Wildman–Crippen LogP) is 2.96. The van der Waals surface area contributed by atoms with Crippen molar-refractivity contribution in [2.24, 2.45) is 5.92 Å². The van der Waals surface area contributed by atoms with Crippen LogP contribution in [0, 0.1) is 5.92 Å². The summed E-state index contributed by atoms with van der Waals surface area (Å²) < 4.78 is 9.72. The fraction of sp³-hybridized carbons (Fsp3) is 0.471. The molecule has 0 radical (unpaired) electrons. The number of rotatable bonds is 6. The van der Waals surface area contributed by atoms with Crippen LogP contribution in [0.2, 0.25) is 0 Å².